The van der Waals surface area contributed by atoms with Gasteiger partial charge in [0.15, 0.2) is 0 Å². The van der Waals surface area contributed by atoms with E-state index in [9.17, 15) is 5.11 Å². The number of benzene rings is 1. The fraction of sp³-hybridized carbons (Fsp3) is 0.438. The molecule has 1 aromatic carbocycles. The number of hydrogen-bond donors (Lipinski definition) is 2. The number of unbranched alkanes of at least 4 members (excludes halogenated alkanes) is 1. The molecule has 3 nitrogen and oxygen atoms in total. The predicted octanol–water partition coefficient (Wildman–Crippen LogP) is 4.07. The second kappa shape index (κ2) is 8.05. The third kappa shape index (κ3) is 5.20. The minimum absolute atomic E-state index is 0.417. The van der Waals surface area contributed by atoms with Gasteiger partial charge in [-0.1, -0.05) is 17.7 Å². The first kappa shape index (κ1) is 18.3. The van der Waals surface area contributed by atoms with Gasteiger partial charge in [0.1, 0.15) is 5.82 Å². The van der Waals surface area contributed by atoms with Crippen LogP contribution in [0.5, 0.6) is 0 Å². The molecular weight excluding hydrogens is 279 g/mol. The minimum atomic E-state index is -0.934. The maximum absolute atomic E-state index is 10.1. The molecule has 0 spiro atoms. The molecule has 2 aromatic rings. The van der Waals surface area contributed by atoms with Crippen molar-refractivity contribution in [1.29, 1.82) is 0 Å². The fourth-order valence-electron chi connectivity index (χ4n) is 2.11. The molecule has 0 aliphatic rings. The van der Waals surface area contributed by atoms with Crippen molar-refractivity contribution in [1.82, 2.24) is 4.98 Å². The van der Waals surface area contributed by atoms with Gasteiger partial charge in [-0.05, 0) is 36.9 Å². The number of aliphatic hydroxyl groups is 1. The van der Waals surface area contributed by atoms with E-state index in [1.807, 2.05) is 6.07 Å². The van der Waals surface area contributed by atoms with Gasteiger partial charge in [0.2, 0.25) is 0 Å². The molecule has 0 bridgehead atoms. The van der Waals surface area contributed by atoms with Crippen molar-refractivity contribution in [2.75, 3.05) is 5.73 Å². The number of anilines is 1. The molecule has 0 aliphatic heterocycles. The van der Waals surface area contributed by atoms with Crippen LogP contribution in [0.25, 0.3) is 10.8 Å². The molecule has 0 saturated carbocycles. The van der Waals surface area contributed by atoms with Gasteiger partial charge < -0.3 is 10.8 Å². The summed E-state index contributed by atoms with van der Waals surface area (Å²) in [5.41, 5.74) is 5.51. The van der Waals surface area contributed by atoms with Crippen molar-refractivity contribution in [2.24, 2.45) is 0 Å². The summed E-state index contributed by atoms with van der Waals surface area (Å²) >= 11 is 8.28. The molecule has 0 unspecified atom stereocenters. The van der Waals surface area contributed by atoms with E-state index in [-0.39, 0.29) is 0 Å². The Bertz CT molecular complexity index is 595. The summed E-state index contributed by atoms with van der Waals surface area (Å²) in [7, 11) is 0. The van der Waals surface area contributed by atoms with Crippen molar-refractivity contribution in [3.05, 3.63) is 35.0 Å². The number of fused-ring (bicyclic) bond motifs is 1. The molecular formula is C16H22ClLiN2O. The third-order valence-corrected chi connectivity index (χ3v) is 3.56. The van der Waals surface area contributed by atoms with Gasteiger partial charge >= 0.3 is 42.6 Å². The van der Waals surface area contributed by atoms with Crippen LogP contribution in [0.15, 0.2) is 24.4 Å². The summed E-state index contributed by atoms with van der Waals surface area (Å²) < 4.78 is 0. The number of rotatable bonds is 3. The molecule has 2 rings (SSSR count). The van der Waals surface area contributed by atoms with Gasteiger partial charge in [-0.2, -0.15) is 0 Å². The Morgan fingerprint density at radius 3 is 2.48 bits per heavy atom. The molecule has 1 aromatic heterocycles. The van der Waals surface area contributed by atoms with Gasteiger partial charge in [0.25, 0.3) is 0 Å². The standard InChI is InChI=1S/C12H13ClN2O.C4H9.Li/c1-12(2,16)9-3-4-10(13)8-6-15-11(14)5-7(8)9;1-3-4-2;/h3-6,16H,1-2H3,(H2,14,15);1,3-4H2,2H3;. The Morgan fingerprint density at radius 1 is 1.33 bits per heavy atom. The molecule has 0 amide bonds. The SMILES string of the molecule is CC(C)(O)c1ccc(Cl)c2cnc(N)cc12.[Li][CH2]CCC. The molecule has 5 heteroatoms. The summed E-state index contributed by atoms with van der Waals surface area (Å²) in [5, 5.41) is 13.7. The fourth-order valence-corrected chi connectivity index (χ4v) is 2.32. The first-order valence-electron chi connectivity index (χ1n) is 7.37. The summed E-state index contributed by atoms with van der Waals surface area (Å²) in [6.45, 7) is 5.67. The van der Waals surface area contributed by atoms with Crippen LogP contribution >= 0.6 is 11.6 Å². The zero-order valence-electron chi connectivity index (χ0n) is 13.3. The monoisotopic (exact) mass is 300 g/mol. The van der Waals surface area contributed by atoms with Gasteiger partial charge in [0, 0.05) is 16.6 Å². The van der Waals surface area contributed by atoms with Crippen LogP contribution in [0.3, 0.4) is 0 Å². The summed E-state index contributed by atoms with van der Waals surface area (Å²) in [6, 6.07) is 5.30. The number of nitrogens with zero attached hydrogens (tertiary/aromatic N) is 1. The zero-order valence-corrected chi connectivity index (χ0v) is 14.0. The average molecular weight is 301 g/mol. The molecule has 0 fully saturated rings. The van der Waals surface area contributed by atoms with Crippen molar-refractivity contribution < 1.29 is 5.11 Å². The van der Waals surface area contributed by atoms with Gasteiger partial charge in [0.05, 0.1) is 5.60 Å². The van der Waals surface area contributed by atoms with Crippen molar-refractivity contribution in [3.63, 3.8) is 0 Å². The quantitative estimate of drug-likeness (QED) is 0.840. The van der Waals surface area contributed by atoms with Crippen LogP contribution in [-0.4, -0.2) is 27.8 Å². The van der Waals surface area contributed by atoms with Crippen LogP contribution in [-0.2, 0) is 5.60 Å². The summed E-state index contributed by atoms with van der Waals surface area (Å²) in [5.74, 6) is 0.417. The van der Waals surface area contributed by atoms with E-state index < -0.39 is 5.60 Å². The van der Waals surface area contributed by atoms with Crippen LogP contribution in [0.2, 0.25) is 10.1 Å². The molecule has 0 saturated heterocycles. The molecule has 0 atom stereocenters. The Balaban J connectivity index is 0.000000383. The third-order valence-electron chi connectivity index (χ3n) is 3.24. The van der Waals surface area contributed by atoms with Gasteiger partial charge in [-0.15, -0.1) is 0 Å². The van der Waals surface area contributed by atoms with Crippen LogP contribution in [0.1, 0.15) is 39.2 Å². The Morgan fingerprint density at radius 2 is 2.00 bits per heavy atom. The number of nitrogens with two attached hydrogens (primary N) is 1. The van der Waals surface area contributed by atoms with Crippen LogP contribution < -0.4 is 5.73 Å². The first-order valence-corrected chi connectivity index (χ1v) is 7.75. The predicted molar refractivity (Wildman–Crippen MR) is 91.9 cm³/mol. The molecule has 0 radical (unpaired) electrons. The maximum atomic E-state index is 10.1. The number of halogens is 1. The Kier molecular flexibility index (Phi) is 7.03. The average Bonchev–Trinajstić information content (AvgIpc) is 2.39. The first-order chi connectivity index (χ1) is 9.81. The molecule has 21 heavy (non-hydrogen) atoms. The number of nitrogen functional groups attached to an aromatic ring is 1. The van der Waals surface area contributed by atoms with Gasteiger partial charge in [-0.25, -0.2) is 4.98 Å². The second-order valence-electron chi connectivity index (χ2n) is 5.66. The van der Waals surface area contributed by atoms with E-state index >= 15 is 0 Å². The van der Waals surface area contributed by atoms with E-state index in [0.29, 0.717) is 10.8 Å². The van der Waals surface area contributed by atoms with Gasteiger partial charge in [-0.3, -0.25) is 0 Å². The normalized spacial score (nSPS) is 11.2. The summed E-state index contributed by atoms with van der Waals surface area (Å²) in [6.07, 6.45) is 4.36. The Hall–Kier alpha value is -0.723. The molecule has 0 aliphatic carbocycles. The van der Waals surface area contributed by atoms with Crippen molar-refractivity contribution >= 4 is 45.9 Å². The number of pyridine rings is 1. The molecule has 3 N–H and O–H groups in total. The second-order valence-corrected chi connectivity index (χ2v) is 6.07. The van der Waals surface area contributed by atoms with Crippen molar-refractivity contribution in [3.8, 4) is 0 Å². The van der Waals surface area contributed by atoms with E-state index in [4.69, 9.17) is 17.3 Å². The van der Waals surface area contributed by atoms with E-state index in [0.717, 1.165) is 16.3 Å². The van der Waals surface area contributed by atoms with Crippen LogP contribution in [0.4, 0.5) is 5.82 Å². The van der Waals surface area contributed by atoms with E-state index in [1.54, 1.807) is 32.2 Å². The summed E-state index contributed by atoms with van der Waals surface area (Å²) in [4.78, 5) is 4.00. The van der Waals surface area contributed by atoms with E-state index in [2.05, 4.69) is 29.6 Å². The van der Waals surface area contributed by atoms with Crippen LogP contribution in [0, 0.1) is 0 Å². The van der Waals surface area contributed by atoms with E-state index in [1.165, 1.54) is 17.9 Å². The topological polar surface area (TPSA) is 59.1 Å². The number of hydrogen-bond acceptors (Lipinski definition) is 3. The zero-order chi connectivity index (χ0) is 16.0. The molecule has 1 heterocycles. The number of aromatic nitrogens is 1. The van der Waals surface area contributed by atoms with Crippen molar-refractivity contribution in [2.45, 2.75) is 44.3 Å². The Labute approximate surface area is 141 Å². The molecule has 110 valence electrons.